The first-order chi connectivity index (χ1) is 6.96. The first kappa shape index (κ1) is 11.4. The maximum absolute atomic E-state index is 12.4. The molecule has 3 N–H and O–H groups in total. The number of carbonyl (C=O) groups excluding carboxylic acids is 1. The molecule has 0 atom stereocenters. The number of aromatic nitrogens is 1. The summed E-state index contributed by atoms with van der Waals surface area (Å²) in [5.74, 6) is -0.891. The van der Waals surface area contributed by atoms with Crippen LogP contribution in [0.1, 0.15) is 15.9 Å². The molecule has 1 rings (SSSR count). The fourth-order valence-corrected chi connectivity index (χ4v) is 1.01. The van der Waals surface area contributed by atoms with E-state index in [2.05, 4.69) is 10.3 Å². The summed E-state index contributed by atoms with van der Waals surface area (Å²) in [4.78, 5) is 14.6. The van der Waals surface area contributed by atoms with Crippen LogP contribution in [-0.2, 0) is 6.18 Å². The molecule has 0 bridgehead atoms. The van der Waals surface area contributed by atoms with E-state index in [1.54, 1.807) is 0 Å². The number of rotatable bonds is 2. The summed E-state index contributed by atoms with van der Waals surface area (Å²) >= 11 is 0. The van der Waals surface area contributed by atoms with Crippen molar-refractivity contribution >= 4 is 5.91 Å². The highest BCUT2D eigenvalue weighted by Gasteiger charge is 2.35. The summed E-state index contributed by atoms with van der Waals surface area (Å²) in [5, 5.41) is 2.07. The van der Waals surface area contributed by atoms with E-state index in [1.165, 1.54) is 0 Å². The Morgan fingerprint density at radius 2 is 2.20 bits per heavy atom. The molecule has 1 aromatic rings. The van der Waals surface area contributed by atoms with Crippen LogP contribution in [0.25, 0.3) is 0 Å². The third-order valence-corrected chi connectivity index (χ3v) is 1.63. The molecule has 0 aliphatic carbocycles. The van der Waals surface area contributed by atoms with Gasteiger partial charge in [-0.25, -0.2) is 0 Å². The highest BCUT2D eigenvalue weighted by molar-refractivity contribution is 5.95. The van der Waals surface area contributed by atoms with Crippen LogP contribution < -0.4 is 11.1 Å². The van der Waals surface area contributed by atoms with Crippen molar-refractivity contribution in [3.8, 4) is 0 Å². The van der Waals surface area contributed by atoms with E-state index >= 15 is 0 Å². The van der Waals surface area contributed by atoms with Crippen molar-refractivity contribution in [2.45, 2.75) is 6.18 Å². The van der Waals surface area contributed by atoms with Crippen LogP contribution in [0.3, 0.4) is 0 Å². The summed E-state index contributed by atoms with van der Waals surface area (Å²) in [5.41, 5.74) is 3.44. The third-order valence-electron chi connectivity index (χ3n) is 1.63. The second kappa shape index (κ2) is 4.26. The Kier molecular flexibility index (Phi) is 3.25. The minimum Gasteiger partial charge on any atom is -0.340 e. The van der Waals surface area contributed by atoms with Crippen LogP contribution in [0, 0.1) is 0 Å². The monoisotopic (exact) mass is 219 g/mol. The molecule has 1 heterocycles. The van der Waals surface area contributed by atoms with Crippen molar-refractivity contribution in [1.29, 1.82) is 0 Å². The maximum Gasteiger partial charge on any atom is 0.417 e. The van der Waals surface area contributed by atoms with Crippen LogP contribution in [-0.4, -0.2) is 17.6 Å². The van der Waals surface area contributed by atoms with E-state index in [0.717, 1.165) is 18.5 Å². The molecule has 1 aromatic heterocycles. The van der Waals surface area contributed by atoms with Gasteiger partial charge in [0.05, 0.1) is 17.8 Å². The van der Waals surface area contributed by atoms with E-state index < -0.39 is 23.2 Å². The molecule has 0 saturated heterocycles. The van der Waals surface area contributed by atoms with Crippen LogP contribution in [0.5, 0.6) is 0 Å². The molecule has 4 nitrogen and oxygen atoms in total. The standard InChI is InChI=1S/C8H8F3N3O/c9-8(10,11)6-1-2-13-3-5(6)7(15)14-4-12/h1-3H,4,12H2,(H,14,15). The van der Waals surface area contributed by atoms with E-state index in [-0.39, 0.29) is 6.67 Å². The van der Waals surface area contributed by atoms with Crippen molar-refractivity contribution < 1.29 is 18.0 Å². The fourth-order valence-electron chi connectivity index (χ4n) is 1.01. The number of hydrogen-bond acceptors (Lipinski definition) is 3. The number of carbonyl (C=O) groups is 1. The van der Waals surface area contributed by atoms with E-state index in [1.807, 2.05) is 0 Å². The van der Waals surface area contributed by atoms with Gasteiger partial charge in [-0.2, -0.15) is 13.2 Å². The van der Waals surface area contributed by atoms with Gasteiger partial charge < -0.3 is 11.1 Å². The number of halogens is 3. The summed E-state index contributed by atoms with van der Waals surface area (Å²) in [6, 6.07) is 0.741. The van der Waals surface area contributed by atoms with Gasteiger partial charge in [-0.05, 0) is 6.07 Å². The zero-order valence-electron chi connectivity index (χ0n) is 7.51. The number of alkyl halides is 3. The van der Waals surface area contributed by atoms with Gasteiger partial charge in [-0.1, -0.05) is 0 Å². The predicted molar refractivity (Wildman–Crippen MR) is 45.8 cm³/mol. The Balaban J connectivity index is 3.12. The van der Waals surface area contributed by atoms with Crippen molar-refractivity contribution in [2.75, 3.05) is 6.67 Å². The number of pyridine rings is 1. The Morgan fingerprint density at radius 1 is 1.53 bits per heavy atom. The molecule has 15 heavy (non-hydrogen) atoms. The maximum atomic E-state index is 12.4. The molecule has 7 heteroatoms. The van der Waals surface area contributed by atoms with Crippen LogP contribution in [0.2, 0.25) is 0 Å². The lowest BCUT2D eigenvalue weighted by Crippen LogP contribution is -2.31. The summed E-state index contributed by atoms with van der Waals surface area (Å²) < 4.78 is 37.2. The minimum atomic E-state index is -4.58. The van der Waals surface area contributed by atoms with Crippen molar-refractivity contribution in [3.05, 3.63) is 29.6 Å². The molecule has 0 fully saturated rings. The average molecular weight is 219 g/mol. The number of nitrogens with two attached hydrogens (primary N) is 1. The predicted octanol–water partition coefficient (Wildman–Crippen LogP) is 0.746. The normalized spacial score (nSPS) is 11.2. The molecule has 0 saturated carbocycles. The smallest absolute Gasteiger partial charge is 0.340 e. The zero-order chi connectivity index (χ0) is 11.5. The Labute approximate surface area is 83.3 Å². The third kappa shape index (κ3) is 2.66. The average Bonchev–Trinajstić information content (AvgIpc) is 2.17. The Hall–Kier alpha value is -1.63. The van der Waals surface area contributed by atoms with Crippen molar-refractivity contribution in [2.24, 2.45) is 5.73 Å². The molecule has 0 spiro atoms. The van der Waals surface area contributed by atoms with Gasteiger partial charge in [0.1, 0.15) is 0 Å². The molecule has 0 radical (unpaired) electrons. The van der Waals surface area contributed by atoms with Gasteiger partial charge in [-0.15, -0.1) is 0 Å². The minimum absolute atomic E-state index is 0.231. The van der Waals surface area contributed by atoms with Crippen molar-refractivity contribution in [1.82, 2.24) is 10.3 Å². The molecular weight excluding hydrogens is 211 g/mol. The number of nitrogens with one attached hydrogen (secondary N) is 1. The van der Waals surface area contributed by atoms with Crippen LogP contribution >= 0.6 is 0 Å². The van der Waals surface area contributed by atoms with Crippen LogP contribution in [0.4, 0.5) is 13.2 Å². The lowest BCUT2D eigenvalue weighted by molar-refractivity contribution is -0.138. The Morgan fingerprint density at radius 3 is 2.73 bits per heavy atom. The SMILES string of the molecule is NCNC(=O)c1cnccc1C(F)(F)F. The van der Waals surface area contributed by atoms with E-state index in [0.29, 0.717) is 0 Å². The van der Waals surface area contributed by atoms with Crippen molar-refractivity contribution in [3.63, 3.8) is 0 Å². The van der Waals surface area contributed by atoms with Gasteiger partial charge in [0.25, 0.3) is 5.91 Å². The van der Waals surface area contributed by atoms with Gasteiger partial charge in [0.15, 0.2) is 0 Å². The summed E-state index contributed by atoms with van der Waals surface area (Å²) in [7, 11) is 0. The summed E-state index contributed by atoms with van der Waals surface area (Å²) in [6.07, 6.45) is -2.75. The lowest BCUT2D eigenvalue weighted by Gasteiger charge is -2.11. The number of amides is 1. The highest BCUT2D eigenvalue weighted by Crippen LogP contribution is 2.31. The molecule has 0 aliphatic heterocycles. The molecule has 0 aromatic carbocycles. The fraction of sp³-hybridized carbons (Fsp3) is 0.250. The first-order valence-corrected chi connectivity index (χ1v) is 3.96. The molecule has 1 amide bonds. The molecular formula is C8H8F3N3O. The zero-order valence-corrected chi connectivity index (χ0v) is 7.51. The van der Waals surface area contributed by atoms with Gasteiger partial charge in [0.2, 0.25) is 0 Å². The van der Waals surface area contributed by atoms with E-state index in [9.17, 15) is 18.0 Å². The molecule has 82 valence electrons. The second-order valence-electron chi connectivity index (χ2n) is 2.63. The van der Waals surface area contributed by atoms with Gasteiger partial charge >= 0.3 is 6.18 Å². The molecule has 0 unspecified atom stereocenters. The largest absolute Gasteiger partial charge is 0.417 e. The van der Waals surface area contributed by atoms with Crippen LogP contribution in [0.15, 0.2) is 18.5 Å². The summed E-state index contributed by atoms with van der Waals surface area (Å²) in [6.45, 7) is -0.231. The number of hydrogen-bond donors (Lipinski definition) is 2. The highest BCUT2D eigenvalue weighted by atomic mass is 19.4. The Bertz CT molecular complexity index is 364. The lowest BCUT2D eigenvalue weighted by atomic mass is 10.1. The topological polar surface area (TPSA) is 68.0 Å². The van der Waals surface area contributed by atoms with Gasteiger partial charge in [0, 0.05) is 12.4 Å². The quantitative estimate of drug-likeness (QED) is 0.721. The molecule has 0 aliphatic rings. The second-order valence-corrected chi connectivity index (χ2v) is 2.63. The van der Waals surface area contributed by atoms with Gasteiger partial charge in [-0.3, -0.25) is 9.78 Å². The van der Waals surface area contributed by atoms with E-state index in [4.69, 9.17) is 5.73 Å². The first-order valence-electron chi connectivity index (χ1n) is 3.96. The number of nitrogens with zero attached hydrogens (tertiary/aromatic N) is 1.